The van der Waals surface area contributed by atoms with Crippen LogP contribution in [0.3, 0.4) is 0 Å². The second-order valence-electron chi connectivity index (χ2n) is 7.08. The molecule has 0 radical (unpaired) electrons. The van der Waals surface area contributed by atoms with Crippen LogP contribution in [-0.2, 0) is 0 Å². The molecule has 0 aliphatic carbocycles. The number of halogens is 3. The molecular formula is C23H16F3N5O2. The molecule has 0 spiro atoms. The van der Waals surface area contributed by atoms with Gasteiger partial charge in [-0.05, 0) is 36.4 Å². The van der Waals surface area contributed by atoms with E-state index in [-0.39, 0.29) is 5.75 Å². The van der Waals surface area contributed by atoms with E-state index in [4.69, 9.17) is 4.74 Å². The van der Waals surface area contributed by atoms with Gasteiger partial charge in [-0.15, -0.1) is 28.5 Å². The average molecular weight is 451 g/mol. The van der Waals surface area contributed by atoms with Gasteiger partial charge in [-0.2, -0.15) is 4.52 Å². The van der Waals surface area contributed by atoms with Crippen LogP contribution in [0, 0.1) is 0 Å². The fourth-order valence-corrected chi connectivity index (χ4v) is 3.50. The lowest BCUT2D eigenvalue weighted by Crippen LogP contribution is -2.17. The largest absolute Gasteiger partial charge is 0.573 e. The Morgan fingerprint density at radius 2 is 1.61 bits per heavy atom. The zero-order valence-electron chi connectivity index (χ0n) is 17.2. The van der Waals surface area contributed by atoms with Crippen LogP contribution in [0.2, 0.25) is 0 Å². The van der Waals surface area contributed by atoms with Crippen molar-refractivity contribution in [2.75, 3.05) is 12.4 Å². The van der Waals surface area contributed by atoms with E-state index in [9.17, 15) is 13.2 Å². The van der Waals surface area contributed by atoms with Crippen molar-refractivity contribution < 1.29 is 22.6 Å². The van der Waals surface area contributed by atoms with Crippen LogP contribution >= 0.6 is 0 Å². The third-order valence-corrected chi connectivity index (χ3v) is 4.94. The van der Waals surface area contributed by atoms with Crippen molar-refractivity contribution in [1.29, 1.82) is 0 Å². The molecule has 0 unspecified atom stereocenters. The van der Waals surface area contributed by atoms with Crippen molar-refractivity contribution in [2.45, 2.75) is 6.36 Å². The standard InChI is InChI=1S/C23H16F3N5O2/c1-32-16-11-9-14(10-12-16)21-28-29-22-19-8-3-2-7-18(19)20(30-31(21)22)27-15-5-4-6-17(13-15)33-23(24,25)26/h2-13H,1H3,(H,27,30). The van der Waals surface area contributed by atoms with Crippen LogP contribution in [0.1, 0.15) is 0 Å². The molecule has 7 nitrogen and oxygen atoms in total. The first kappa shape index (κ1) is 20.6. The van der Waals surface area contributed by atoms with Crippen LogP contribution in [0.15, 0.2) is 72.8 Å². The summed E-state index contributed by atoms with van der Waals surface area (Å²) in [6.07, 6.45) is -4.78. The Labute approximate surface area is 185 Å². The molecule has 2 heterocycles. The molecule has 0 fully saturated rings. The van der Waals surface area contributed by atoms with E-state index in [1.54, 1.807) is 17.7 Å². The van der Waals surface area contributed by atoms with Crippen molar-refractivity contribution in [1.82, 2.24) is 19.8 Å². The monoisotopic (exact) mass is 451 g/mol. The van der Waals surface area contributed by atoms with Crippen LogP contribution in [-0.4, -0.2) is 33.3 Å². The zero-order chi connectivity index (χ0) is 23.0. The number of ether oxygens (including phenoxy) is 2. The number of nitrogens with one attached hydrogen (secondary N) is 1. The van der Waals surface area contributed by atoms with Gasteiger partial charge in [0.2, 0.25) is 0 Å². The number of alkyl halides is 3. The van der Waals surface area contributed by atoms with Crippen LogP contribution in [0.25, 0.3) is 27.8 Å². The molecule has 3 aromatic carbocycles. The quantitative estimate of drug-likeness (QED) is 0.375. The van der Waals surface area contributed by atoms with Crippen molar-refractivity contribution in [3.8, 4) is 22.9 Å². The van der Waals surface area contributed by atoms with E-state index < -0.39 is 6.36 Å². The third-order valence-electron chi connectivity index (χ3n) is 4.94. The molecule has 5 rings (SSSR count). The van der Waals surface area contributed by atoms with Gasteiger partial charge in [0.1, 0.15) is 11.5 Å². The molecule has 0 bridgehead atoms. The fraction of sp³-hybridized carbons (Fsp3) is 0.0870. The van der Waals surface area contributed by atoms with Gasteiger partial charge in [0, 0.05) is 28.1 Å². The highest BCUT2D eigenvalue weighted by Gasteiger charge is 2.31. The van der Waals surface area contributed by atoms with Crippen molar-refractivity contribution >= 4 is 27.9 Å². The smallest absolute Gasteiger partial charge is 0.497 e. The summed E-state index contributed by atoms with van der Waals surface area (Å²) in [5, 5.41) is 17.9. The first-order valence-electron chi connectivity index (χ1n) is 9.83. The summed E-state index contributed by atoms with van der Waals surface area (Å²) in [6, 6.07) is 20.3. The lowest BCUT2D eigenvalue weighted by atomic mass is 10.1. The highest BCUT2D eigenvalue weighted by molar-refractivity contribution is 6.01. The Kier molecular flexibility index (Phi) is 4.97. The van der Waals surface area contributed by atoms with Gasteiger partial charge >= 0.3 is 6.36 Å². The van der Waals surface area contributed by atoms with Gasteiger partial charge in [-0.3, -0.25) is 0 Å². The van der Waals surface area contributed by atoms with Crippen molar-refractivity contribution in [3.05, 3.63) is 72.8 Å². The fourth-order valence-electron chi connectivity index (χ4n) is 3.50. The number of anilines is 2. The van der Waals surface area contributed by atoms with Crippen LogP contribution < -0.4 is 14.8 Å². The summed E-state index contributed by atoms with van der Waals surface area (Å²) in [6.45, 7) is 0. The molecule has 0 aliphatic heterocycles. The Hall–Kier alpha value is -4.34. The van der Waals surface area contributed by atoms with Crippen molar-refractivity contribution in [2.24, 2.45) is 0 Å². The molecular weight excluding hydrogens is 435 g/mol. The van der Waals surface area contributed by atoms with Gasteiger partial charge in [0.05, 0.1) is 7.11 Å². The first-order chi connectivity index (χ1) is 15.9. The second kappa shape index (κ2) is 7.97. The number of nitrogens with zero attached hydrogens (tertiary/aromatic N) is 4. The lowest BCUT2D eigenvalue weighted by Gasteiger charge is -2.13. The molecule has 0 saturated carbocycles. The maximum atomic E-state index is 12.6. The molecule has 0 atom stereocenters. The SMILES string of the molecule is COc1ccc(-c2nnc3c4ccccc4c(Nc4cccc(OC(F)(F)F)c4)nn23)cc1. The van der Waals surface area contributed by atoms with E-state index in [2.05, 4.69) is 25.3 Å². The van der Waals surface area contributed by atoms with E-state index in [0.29, 0.717) is 28.7 Å². The summed E-state index contributed by atoms with van der Waals surface area (Å²) in [4.78, 5) is 0. The van der Waals surface area contributed by atoms with Crippen LogP contribution in [0.5, 0.6) is 11.5 Å². The number of rotatable bonds is 5. The topological polar surface area (TPSA) is 73.6 Å². The summed E-state index contributed by atoms with van der Waals surface area (Å²) < 4.78 is 48.7. The van der Waals surface area contributed by atoms with E-state index >= 15 is 0 Å². The molecule has 5 aromatic rings. The molecule has 10 heteroatoms. The first-order valence-corrected chi connectivity index (χ1v) is 9.83. The number of benzene rings is 3. The third kappa shape index (κ3) is 4.10. The highest BCUT2D eigenvalue weighted by Crippen LogP contribution is 2.31. The van der Waals surface area contributed by atoms with Gasteiger partial charge < -0.3 is 14.8 Å². The minimum Gasteiger partial charge on any atom is -0.497 e. The predicted octanol–water partition coefficient (Wildman–Crippen LogP) is 5.60. The Morgan fingerprint density at radius 1 is 0.848 bits per heavy atom. The Bertz CT molecular complexity index is 1450. The number of fused-ring (bicyclic) bond motifs is 3. The van der Waals surface area contributed by atoms with Gasteiger partial charge in [-0.25, -0.2) is 0 Å². The summed E-state index contributed by atoms with van der Waals surface area (Å²) >= 11 is 0. The zero-order valence-corrected chi connectivity index (χ0v) is 17.2. The summed E-state index contributed by atoms with van der Waals surface area (Å²) in [5.74, 6) is 1.31. The normalized spacial score (nSPS) is 11.6. The average Bonchev–Trinajstić information content (AvgIpc) is 3.22. The molecule has 1 N–H and O–H groups in total. The molecule has 0 aliphatic rings. The maximum Gasteiger partial charge on any atom is 0.573 e. The minimum absolute atomic E-state index is 0.332. The van der Waals surface area contributed by atoms with Crippen molar-refractivity contribution in [3.63, 3.8) is 0 Å². The molecule has 0 saturated heterocycles. The van der Waals surface area contributed by atoms with Gasteiger partial charge in [0.15, 0.2) is 17.3 Å². The maximum absolute atomic E-state index is 12.6. The Balaban J connectivity index is 1.61. The molecule has 33 heavy (non-hydrogen) atoms. The predicted molar refractivity (Wildman–Crippen MR) is 117 cm³/mol. The lowest BCUT2D eigenvalue weighted by molar-refractivity contribution is -0.274. The minimum atomic E-state index is -4.78. The number of methoxy groups -OCH3 is 1. The number of aromatic nitrogens is 4. The van der Waals surface area contributed by atoms with Gasteiger partial charge in [-0.1, -0.05) is 30.3 Å². The summed E-state index contributed by atoms with van der Waals surface area (Å²) in [5.41, 5.74) is 1.71. The highest BCUT2D eigenvalue weighted by atomic mass is 19.4. The Morgan fingerprint density at radius 3 is 2.33 bits per heavy atom. The molecule has 0 amide bonds. The summed E-state index contributed by atoms with van der Waals surface area (Å²) in [7, 11) is 1.59. The number of hydrogen-bond acceptors (Lipinski definition) is 6. The van der Waals surface area contributed by atoms with E-state index in [1.807, 2.05) is 48.5 Å². The van der Waals surface area contributed by atoms with E-state index in [1.165, 1.54) is 18.2 Å². The van der Waals surface area contributed by atoms with E-state index in [0.717, 1.165) is 16.3 Å². The molecule has 166 valence electrons. The van der Waals surface area contributed by atoms with Gasteiger partial charge in [0.25, 0.3) is 0 Å². The number of hydrogen-bond donors (Lipinski definition) is 1. The molecule has 2 aromatic heterocycles. The van der Waals surface area contributed by atoms with Crippen LogP contribution in [0.4, 0.5) is 24.7 Å². The second-order valence-corrected chi connectivity index (χ2v) is 7.08.